The Labute approximate surface area is 180 Å². The highest BCUT2D eigenvalue weighted by Crippen LogP contribution is 2.41. The van der Waals surface area contributed by atoms with E-state index < -0.39 is 6.10 Å². The van der Waals surface area contributed by atoms with Crippen molar-refractivity contribution in [2.24, 2.45) is 0 Å². The fourth-order valence-corrected chi connectivity index (χ4v) is 5.09. The molecule has 0 spiro atoms. The Balaban J connectivity index is 1.42. The van der Waals surface area contributed by atoms with Crippen LogP contribution in [0.15, 0.2) is 36.7 Å². The molecule has 0 aromatic carbocycles. The van der Waals surface area contributed by atoms with Crippen LogP contribution in [0.4, 0.5) is 0 Å². The summed E-state index contributed by atoms with van der Waals surface area (Å²) in [6.07, 6.45) is 4.54. The van der Waals surface area contributed by atoms with Crippen LogP contribution in [0, 0.1) is 6.92 Å². The number of aromatic nitrogens is 1. The van der Waals surface area contributed by atoms with Crippen molar-refractivity contribution in [2.45, 2.75) is 38.0 Å². The Morgan fingerprint density at radius 2 is 1.90 bits per heavy atom. The lowest BCUT2D eigenvalue weighted by Gasteiger charge is -2.52. The van der Waals surface area contributed by atoms with Gasteiger partial charge >= 0.3 is 0 Å². The zero-order chi connectivity index (χ0) is 21.1. The summed E-state index contributed by atoms with van der Waals surface area (Å²) in [6, 6.07) is 7.74. The minimum atomic E-state index is -0.490. The van der Waals surface area contributed by atoms with Gasteiger partial charge in [-0.05, 0) is 49.6 Å². The maximum absolute atomic E-state index is 12.9. The SMILES string of the molecule is COCCO[C@H]1C(=O)N(C2CCN(C(=O)c3ccc(C)s3)CC2)[C@H]1c1ccncc1. The van der Waals surface area contributed by atoms with Gasteiger partial charge in [-0.25, -0.2) is 0 Å². The van der Waals surface area contributed by atoms with Gasteiger partial charge in [-0.2, -0.15) is 0 Å². The summed E-state index contributed by atoms with van der Waals surface area (Å²) in [6.45, 7) is 4.16. The average Bonchev–Trinajstić information content (AvgIpc) is 3.21. The molecule has 4 heterocycles. The number of rotatable bonds is 7. The van der Waals surface area contributed by atoms with E-state index in [1.807, 2.05) is 41.0 Å². The second-order valence-corrected chi connectivity index (χ2v) is 8.98. The lowest BCUT2D eigenvalue weighted by atomic mass is 9.86. The van der Waals surface area contributed by atoms with Crippen LogP contribution in [0.3, 0.4) is 0 Å². The molecule has 4 rings (SSSR count). The van der Waals surface area contributed by atoms with Crippen LogP contribution in [0.2, 0.25) is 0 Å². The number of nitrogens with zero attached hydrogens (tertiary/aromatic N) is 3. The van der Waals surface area contributed by atoms with Crippen LogP contribution in [0.25, 0.3) is 0 Å². The summed E-state index contributed by atoms with van der Waals surface area (Å²) >= 11 is 1.53. The highest BCUT2D eigenvalue weighted by molar-refractivity contribution is 7.13. The fourth-order valence-electron chi connectivity index (χ4n) is 4.26. The number of amides is 2. The number of pyridine rings is 1. The molecule has 0 unspecified atom stereocenters. The zero-order valence-corrected chi connectivity index (χ0v) is 18.1. The number of likely N-dealkylation sites (tertiary alicyclic amines) is 2. The summed E-state index contributed by atoms with van der Waals surface area (Å²) in [5, 5.41) is 0. The zero-order valence-electron chi connectivity index (χ0n) is 17.3. The van der Waals surface area contributed by atoms with E-state index >= 15 is 0 Å². The smallest absolute Gasteiger partial charge is 0.263 e. The standard InChI is InChI=1S/C22H27N3O4S/c1-15-3-4-18(30-15)21(26)24-11-7-17(8-12-24)25-19(16-5-9-23-10-6-16)20(22(25)27)29-14-13-28-2/h3-6,9-10,17,19-20H,7-8,11-14H2,1-2H3/t19-,20+/m0/s1. The van der Waals surface area contributed by atoms with Crippen molar-refractivity contribution >= 4 is 23.2 Å². The molecular weight excluding hydrogens is 402 g/mol. The third-order valence-electron chi connectivity index (χ3n) is 5.81. The number of hydrogen-bond acceptors (Lipinski definition) is 6. The minimum absolute atomic E-state index is 0.0200. The first kappa shape index (κ1) is 21.0. The van der Waals surface area contributed by atoms with Gasteiger partial charge in [-0.15, -0.1) is 11.3 Å². The van der Waals surface area contributed by atoms with Crippen molar-refractivity contribution in [3.63, 3.8) is 0 Å². The molecule has 2 saturated heterocycles. The predicted molar refractivity (Wildman–Crippen MR) is 113 cm³/mol. The highest BCUT2D eigenvalue weighted by atomic mass is 32.1. The molecular formula is C22H27N3O4S. The number of thiophene rings is 1. The number of piperidine rings is 1. The molecule has 2 amide bonds. The van der Waals surface area contributed by atoms with Crippen LogP contribution in [0.1, 0.15) is 39.0 Å². The topological polar surface area (TPSA) is 72.0 Å². The third kappa shape index (κ3) is 4.12. The Bertz CT molecular complexity index is 880. The van der Waals surface area contributed by atoms with Gasteiger partial charge in [-0.1, -0.05) is 0 Å². The highest BCUT2D eigenvalue weighted by Gasteiger charge is 2.52. The fraction of sp³-hybridized carbons (Fsp3) is 0.500. The second-order valence-electron chi connectivity index (χ2n) is 7.69. The molecule has 0 bridgehead atoms. The molecule has 8 heteroatoms. The first-order valence-electron chi connectivity index (χ1n) is 10.3. The number of carbonyl (C=O) groups excluding carboxylic acids is 2. The molecule has 0 N–H and O–H groups in total. The molecule has 2 fully saturated rings. The summed E-state index contributed by atoms with van der Waals surface area (Å²) in [5.74, 6) is 0.111. The van der Waals surface area contributed by atoms with Crippen LogP contribution in [-0.4, -0.2) is 72.2 Å². The average molecular weight is 430 g/mol. The summed E-state index contributed by atoms with van der Waals surface area (Å²) < 4.78 is 10.9. The molecule has 2 aromatic heterocycles. The van der Waals surface area contributed by atoms with Crippen molar-refractivity contribution in [1.82, 2.24) is 14.8 Å². The molecule has 2 aliphatic heterocycles. The molecule has 0 aliphatic carbocycles. The van der Waals surface area contributed by atoms with Gasteiger partial charge in [0, 0.05) is 43.5 Å². The van der Waals surface area contributed by atoms with Crippen LogP contribution < -0.4 is 0 Å². The monoisotopic (exact) mass is 429 g/mol. The van der Waals surface area contributed by atoms with Crippen LogP contribution in [0.5, 0.6) is 0 Å². The second kappa shape index (κ2) is 9.24. The molecule has 2 atom stereocenters. The van der Waals surface area contributed by atoms with E-state index in [1.54, 1.807) is 19.5 Å². The van der Waals surface area contributed by atoms with Gasteiger partial charge in [0.25, 0.3) is 11.8 Å². The van der Waals surface area contributed by atoms with E-state index in [2.05, 4.69) is 4.98 Å². The van der Waals surface area contributed by atoms with Gasteiger partial charge in [0.1, 0.15) is 0 Å². The van der Waals surface area contributed by atoms with E-state index in [0.29, 0.717) is 26.3 Å². The van der Waals surface area contributed by atoms with E-state index in [0.717, 1.165) is 28.2 Å². The normalized spacial score (nSPS) is 22.3. The molecule has 30 heavy (non-hydrogen) atoms. The summed E-state index contributed by atoms with van der Waals surface area (Å²) in [4.78, 5) is 35.6. The Morgan fingerprint density at radius 1 is 1.17 bits per heavy atom. The van der Waals surface area contributed by atoms with Crippen molar-refractivity contribution in [3.05, 3.63) is 52.0 Å². The minimum Gasteiger partial charge on any atom is -0.382 e. The van der Waals surface area contributed by atoms with Crippen LogP contribution in [-0.2, 0) is 14.3 Å². The predicted octanol–water partition coefficient (Wildman–Crippen LogP) is 2.67. The van der Waals surface area contributed by atoms with Crippen molar-refractivity contribution in [2.75, 3.05) is 33.4 Å². The molecule has 2 aliphatic rings. The van der Waals surface area contributed by atoms with E-state index in [-0.39, 0.29) is 23.9 Å². The third-order valence-corrected chi connectivity index (χ3v) is 6.80. The van der Waals surface area contributed by atoms with Crippen molar-refractivity contribution in [3.8, 4) is 0 Å². The molecule has 0 radical (unpaired) electrons. The number of carbonyl (C=O) groups is 2. The Morgan fingerprint density at radius 3 is 2.53 bits per heavy atom. The van der Waals surface area contributed by atoms with Crippen molar-refractivity contribution < 1.29 is 19.1 Å². The quantitative estimate of drug-likeness (QED) is 0.500. The Hall–Kier alpha value is -2.29. The lowest BCUT2D eigenvalue weighted by Crippen LogP contribution is -2.64. The van der Waals surface area contributed by atoms with Crippen molar-refractivity contribution in [1.29, 1.82) is 0 Å². The first-order valence-corrected chi connectivity index (χ1v) is 11.1. The van der Waals surface area contributed by atoms with Gasteiger partial charge in [0.15, 0.2) is 6.10 Å². The number of hydrogen-bond donors (Lipinski definition) is 0. The Kier molecular flexibility index (Phi) is 6.46. The van der Waals surface area contributed by atoms with Gasteiger partial charge < -0.3 is 19.3 Å². The van der Waals surface area contributed by atoms with Gasteiger partial charge in [-0.3, -0.25) is 14.6 Å². The van der Waals surface area contributed by atoms with Crippen LogP contribution >= 0.6 is 11.3 Å². The first-order chi connectivity index (χ1) is 14.6. The maximum atomic E-state index is 12.9. The number of aryl methyl sites for hydroxylation is 1. The molecule has 160 valence electrons. The number of β-lactam (4-membered cyclic amide) rings is 1. The van der Waals surface area contributed by atoms with Gasteiger partial charge in [0.05, 0.1) is 24.1 Å². The van der Waals surface area contributed by atoms with Gasteiger partial charge in [0.2, 0.25) is 0 Å². The van der Waals surface area contributed by atoms with E-state index in [4.69, 9.17) is 9.47 Å². The number of methoxy groups -OCH3 is 1. The van der Waals surface area contributed by atoms with E-state index in [1.165, 1.54) is 11.3 Å². The molecule has 0 saturated carbocycles. The summed E-state index contributed by atoms with van der Waals surface area (Å²) in [5.41, 5.74) is 1.03. The lowest BCUT2D eigenvalue weighted by molar-refractivity contribution is -0.183. The van der Waals surface area contributed by atoms with E-state index in [9.17, 15) is 9.59 Å². The number of ether oxygens (including phenoxy) is 2. The molecule has 7 nitrogen and oxygen atoms in total. The molecule has 2 aromatic rings. The largest absolute Gasteiger partial charge is 0.382 e. The summed E-state index contributed by atoms with van der Waals surface area (Å²) in [7, 11) is 1.62. The maximum Gasteiger partial charge on any atom is 0.263 e.